The molecule has 82 valence electrons. The number of aromatic nitrogens is 1. The van der Waals surface area contributed by atoms with E-state index >= 15 is 0 Å². The van der Waals surface area contributed by atoms with Gasteiger partial charge in [0.25, 0.3) is 0 Å². The molecule has 3 nitrogen and oxygen atoms in total. The highest BCUT2D eigenvalue weighted by molar-refractivity contribution is 9.10. The largest absolute Gasteiger partial charge is 0.436 e. The molecular weight excluding hydrogens is 268 g/mol. The molecule has 16 heavy (non-hydrogen) atoms. The quantitative estimate of drug-likeness (QED) is 0.855. The molecule has 0 aliphatic rings. The molecule has 0 saturated heterocycles. The predicted molar refractivity (Wildman–Crippen MR) is 67.6 cm³/mol. The Hall–Kier alpha value is -1.55. The average Bonchev–Trinajstić information content (AvgIpc) is 2.27. The van der Waals surface area contributed by atoms with Crippen molar-refractivity contribution in [3.63, 3.8) is 0 Å². The van der Waals surface area contributed by atoms with Gasteiger partial charge in [-0.3, -0.25) is 0 Å². The van der Waals surface area contributed by atoms with Crippen molar-refractivity contribution < 1.29 is 4.74 Å². The topological polar surface area (TPSA) is 48.1 Å². The Morgan fingerprint density at radius 2 is 2.12 bits per heavy atom. The molecule has 1 aromatic heterocycles. The number of benzene rings is 1. The van der Waals surface area contributed by atoms with E-state index in [2.05, 4.69) is 20.9 Å². The first kappa shape index (κ1) is 11.0. The molecule has 0 radical (unpaired) electrons. The van der Waals surface area contributed by atoms with Crippen LogP contribution in [-0.2, 0) is 0 Å². The molecule has 0 bridgehead atoms. The second-order valence-electron chi connectivity index (χ2n) is 3.43. The van der Waals surface area contributed by atoms with E-state index in [4.69, 9.17) is 10.5 Å². The fourth-order valence-electron chi connectivity index (χ4n) is 1.28. The molecule has 0 atom stereocenters. The summed E-state index contributed by atoms with van der Waals surface area (Å²) in [4.78, 5) is 4.12. The number of anilines is 1. The molecule has 0 amide bonds. The van der Waals surface area contributed by atoms with Gasteiger partial charge in [0.15, 0.2) is 5.75 Å². The van der Waals surface area contributed by atoms with Crippen LogP contribution >= 0.6 is 15.9 Å². The minimum atomic E-state index is 0.514. The Bertz CT molecular complexity index is 514. The molecule has 2 N–H and O–H groups in total. The van der Waals surface area contributed by atoms with Crippen LogP contribution in [0, 0.1) is 6.92 Å². The van der Waals surface area contributed by atoms with Gasteiger partial charge >= 0.3 is 0 Å². The highest BCUT2D eigenvalue weighted by Gasteiger charge is 2.06. The van der Waals surface area contributed by atoms with Crippen molar-refractivity contribution in [2.24, 2.45) is 0 Å². The van der Waals surface area contributed by atoms with E-state index in [1.807, 2.05) is 37.3 Å². The maximum atomic E-state index is 5.82. The number of nitrogens with zero attached hydrogens (tertiary/aromatic N) is 1. The van der Waals surface area contributed by atoms with Crippen LogP contribution in [0.3, 0.4) is 0 Å². The second-order valence-corrected chi connectivity index (χ2v) is 4.29. The minimum absolute atomic E-state index is 0.514. The zero-order valence-corrected chi connectivity index (χ0v) is 10.4. The van der Waals surface area contributed by atoms with Crippen LogP contribution in [0.4, 0.5) is 5.69 Å². The van der Waals surface area contributed by atoms with E-state index < -0.39 is 0 Å². The Kier molecular flexibility index (Phi) is 3.10. The molecule has 4 heteroatoms. The monoisotopic (exact) mass is 278 g/mol. The first-order valence-corrected chi connectivity index (χ1v) is 5.60. The van der Waals surface area contributed by atoms with Crippen LogP contribution < -0.4 is 10.5 Å². The van der Waals surface area contributed by atoms with E-state index in [1.165, 1.54) is 0 Å². The summed E-state index contributed by atoms with van der Waals surface area (Å²) < 4.78 is 6.44. The maximum Gasteiger partial charge on any atom is 0.233 e. The molecule has 0 spiro atoms. The molecule has 0 unspecified atom stereocenters. The van der Waals surface area contributed by atoms with Gasteiger partial charge in [-0.2, -0.15) is 0 Å². The lowest BCUT2D eigenvalue weighted by Crippen LogP contribution is -1.94. The van der Waals surface area contributed by atoms with Gasteiger partial charge in [-0.05, 0) is 52.7 Å². The number of rotatable bonds is 2. The van der Waals surface area contributed by atoms with Crippen molar-refractivity contribution in [1.29, 1.82) is 0 Å². The first-order chi connectivity index (χ1) is 7.66. The van der Waals surface area contributed by atoms with Gasteiger partial charge in [-0.1, -0.05) is 6.07 Å². The number of halogens is 1. The van der Waals surface area contributed by atoms with E-state index in [0.29, 0.717) is 17.3 Å². The van der Waals surface area contributed by atoms with Crippen LogP contribution in [-0.4, -0.2) is 4.98 Å². The summed E-state index contributed by atoms with van der Waals surface area (Å²) in [6.45, 7) is 1.99. The highest BCUT2D eigenvalue weighted by Crippen LogP contribution is 2.31. The summed E-state index contributed by atoms with van der Waals surface area (Å²) in [7, 11) is 0. The summed E-state index contributed by atoms with van der Waals surface area (Å²) >= 11 is 3.37. The van der Waals surface area contributed by atoms with Crippen molar-refractivity contribution in [2.75, 3.05) is 5.73 Å². The number of nitrogens with two attached hydrogens (primary N) is 1. The number of ether oxygens (including phenoxy) is 1. The van der Waals surface area contributed by atoms with Crippen molar-refractivity contribution in [3.05, 3.63) is 46.6 Å². The molecule has 0 saturated carbocycles. The predicted octanol–water partition coefficient (Wildman–Crippen LogP) is 3.53. The first-order valence-electron chi connectivity index (χ1n) is 4.81. The van der Waals surface area contributed by atoms with Crippen molar-refractivity contribution in [2.45, 2.75) is 6.92 Å². The van der Waals surface area contributed by atoms with Crippen LogP contribution in [0.25, 0.3) is 0 Å². The Balaban J connectivity index is 2.34. The van der Waals surface area contributed by atoms with Gasteiger partial charge in [0.05, 0.1) is 10.2 Å². The summed E-state index contributed by atoms with van der Waals surface area (Å²) in [5.41, 5.74) is 7.51. The lowest BCUT2D eigenvalue weighted by Gasteiger charge is -2.09. The van der Waals surface area contributed by atoms with Gasteiger partial charge in [-0.25, -0.2) is 4.98 Å². The minimum Gasteiger partial charge on any atom is -0.436 e. The third-order valence-corrected chi connectivity index (χ3v) is 2.70. The molecule has 1 heterocycles. The van der Waals surface area contributed by atoms with Gasteiger partial charge in [0.1, 0.15) is 0 Å². The van der Waals surface area contributed by atoms with Crippen molar-refractivity contribution in [1.82, 2.24) is 4.98 Å². The van der Waals surface area contributed by atoms with Gasteiger partial charge in [-0.15, -0.1) is 0 Å². The molecule has 2 rings (SSSR count). The fraction of sp³-hybridized carbons (Fsp3) is 0.0833. The lowest BCUT2D eigenvalue weighted by molar-refractivity contribution is 0.461. The third kappa shape index (κ3) is 2.33. The van der Waals surface area contributed by atoms with Crippen LogP contribution in [0.1, 0.15) is 5.56 Å². The van der Waals surface area contributed by atoms with E-state index in [-0.39, 0.29) is 0 Å². The molecule has 1 aromatic carbocycles. The normalized spacial score (nSPS) is 10.1. The smallest absolute Gasteiger partial charge is 0.233 e. The van der Waals surface area contributed by atoms with Crippen LogP contribution in [0.5, 0.6) is 11.6 Å². The SMILES string of the molecule is Cc1ccc(N)c(Oc2ncccc2Br)c1. The van der Waals surface area contributed by atoms with Gasteiger partial charge < -0.3 is 10.5 Å². The highest BCUT2D eigenvalue weighted by atomic mass is 79.9. The van der Waals surface area contributed by atoms with E-state index in [1.54, 1.807) is 6.20 Å². The number of nitrogen functional groups attached to an aromatic ring is 1. The molecule has 2 aromatic rings. The molecule has 0 fully saturated rings. The number of pyridine rings is 1. The standard InChI is InChI=1S/C12H11BrN2O/c1-8-4-5-10(14)11(7-8)16-12-9(13)3-2-6-15-12/h2-7H,14H2,1H3. The molecule has 0 aliphatic carbocycles. The fourth-order valence-corrected chi connectivity index (χ4v) is 1.62. The van der Waals surface area contributed by atoms with Crippen LogP contribution in [0.15, 0.2) is 41.0 Å². The number of hydrogen-bond donors (Lipinski definition) is 1. The second kappa shape index (κ2) is 4.53. The summed E-state index contributed by atoms with van der Waals surface area (Å²) in [5, 5.41) is 0. The third-order valence-electron chi connectivity index (χ3n) is 2.10. The molecular formula is C12H11BrN2O. The maximum absolute atomic E-state index is 5.82. The van der Waals surface area contributed by atoms with Crippen LogP contribution in [0.2, 0.25) is 0 Å². The Morgan fingerprint density at radius 1 is 1.31 bits per heavy atom. The summed E-state index contributed by atoms with van der Waals surface area (Å²) in [6.07, 6.45) is 1.67. The van der Waals surface area contributed by atoms with Crippen molar-refractivity contribution >= 4 is 21.6 Å². The number of hydrogen-bond acceptors (Lipinski definition) is 3. The Morgan fingerprint density at radius 3 is 2.88 bits per heavy atom. The zero-order valence-electron chi connectivity index (χ0n) is 8.77. The van der Waals surface area contributed by atoms with E-state index in [9.17, 15) is 0 Å². The number of aryl methyl sites for hydroxylation is 1. The van der Waals surface area contributed by atoms with Crippen molar-refractivity contribution in [3.8, 4) is 11.6 Å². The van der Waals surface area contributed by atoms with Gasteiger partial charge in [0.2, 0.25) is 5.88 Å². The lowest BCUT2D eigenvalue weighted by atomic mass is 10.2. The average molecular weight is 279 g/mol. The zero-order chi connectivity index (χ0) is 11.5. The van der Waals surface area contributed by atoms with Gasteiger partial charge in [0, 0.05) is 6.20 Å². The Labute approximate surface area is 102 Å². The van der Waals surface area contributed by atoms with E-state index in [0.717, 1.165) is 10.0 Å². The molecule has 0 aliphatic heterocycles. The summed E-state index contributed by atoms with van der Waals surface area (Å²) in [5.74, 6) is 1.14. The summed E-state index contributed by atoms with van der Waals surface area (Å²) in [6, 6.07) is 9.35.